The molecular formula is C20H28ClN5O4S. The average Bonchev–Trinajstić information content (AvgIpc) is 3.11. The van der Waals surface area contributed by atoms with Gasteiger partial charge in [-0.15, -0.1) is 0 Å². The van der Waals surface area contributed by atoms with Gasteiger partial charge in [0.2, 0.25) is 16.0 Å². The Hall–Kier alpha value is -1.75. The molecule has 1 saturated heterocycles. The van der Waals surface area contributed by atoms with Gasteiger partial charge < -0.3 is 10.4 Å². The fourth-order valence-electron chi connectivity index (χ4n) is 4.78. The van der Waals surface area contributed by atoms with Gasteiger partial charge in [0.15, 0.2) is 0 Å². The van der Waals surface area contributed by atoms with Crippen molar-refractivity contribution in [3.05, 3.63) is 27.6 Å². The van der Waals surface area contributed by atoms with Crippen LogP contribution >= 0.6 is 11.6 Å². The third-order valence-corrected chi connectivity index (χ3v) is 8.19. The zero-order valence-corrected chi connectivity index (χ0v) is 19.3. The molecule has 170 valence electrons. The van der Waals surface area contributed by atoms with E-state index < -0.39 is 21.7 Å². The van der Waals surface area contributed by atoms with Crippen molar-refractivity contribution in [2.75, 3.05) is 24.7 Å². The van der Waals surface area contributed by atoms with Crippen molar-refractivity contribution in [3.8, 4) is 0 Å². The molecular weight excluding hydrogens is 442 g/mol. The summed E-state index contributed by atoms with van der Waals surface area (Å²) in [6, 6.07) is 1.19. The van der Waals surface area contributed by atoms with Crippen molar-refractivity contribution in [1.29, 1.82) is 0 Å². The highest BCUT2D eigenvalue weighted by atomic mass is 35.5. The maximum atomic E-state index is 13.0. The normalized spacial score (nSPS) is 25.9. The van der Waals surface area contributed by atoms with E-state index in [0.717, 1.165) is 6.42 Å². The summed E-state index contributed by atoms with van der Waals surface area (Å²) in [7, 11) is -3.19. The van der Waals surface area contributed by atoms with E-state index in [0.29, 0.717) is 62.2 Å². The van der Waals surface area contributed by atoms with Gasteiger partial charge in [-0.2, -0.15) is 4.98 Å². The Kier molecular flexibility index (Phi) is 6.01. The van der Waals surface area contributed by atoms with E-state index in [4.69, 9.17) is 11.6 Å². The van der Waals surface area contributed by atoms with Crippen molar-refractivity contribution in [2.24, 2.45) is 0 Å². The summed E-state index contributed by atoms with van der Waals surface area (Å²) in [6.45, 7) is 2.80. The molecule has 3 heterocycles. The van der Waals surface area contributed by atoms with E-state index in [-0.39, 0.29) is 16.6 Å². The predicted octanol–water partition coefficient (Wildman–Crippen LogP) is 2.15. The van der Waals surface area contributed by atoms with Crippen LogP contribution in [0.3, 0.4) is 0 Å². The quantitative estimate of drug-likeness (QED) is 0.688. The summed E-state index contributed by atoms with van der Waals surface area (Å²) in [4.78, 5) is 22.0. The molecule has 2 atom stereocenters. The molecule has 0 unspecified atom stereocenters. The maximum absolute atomic E-state index is 13.0. The van der Waals surface area contributed by atoms with E-state index in [2.05, 4.69) is 15.3 Å². The lowest BCUT2D eigenvalue weighted by molar-refractivity contribution is 0.00439. The molecule has 9 nitrogen and oxygen atoms in total. The fraction of sp³-hybridized carbons (Fsp3) is 0.650. The topological polar surface area (TPSA) is 117 Å². The third-order valence-electron chi connectivity index (χ3n) is 6.62. The van der Waals surface area contributed by atoms with Crippen LogP contribution in [0.1, 0.15) is 51.5 Å². The van der Waals surface area contributed by atoms with Crippen molar-refractivity contribution in [1.82, 2.24) is 18.8 Å². The molecule has 2 aromatic heterocycles. The molecule has 2 aliphatic rings. The number of halogens is 1. The lowest BCUT2D eigenvalue weighted by Crippen LogP contribution is -2.42. The Morgan fingerprint density at radius 3 is 2.68 bits per heavy atom. The first-order valence-corrected chi connectivity index (χ1v) is 12.9. The highest BCUT2D eigenvalue weighted by Gasteiger charge is 2.42. The molecule has 0 aromatic carbocycles. The molecule has 2 aromatic rings. The minimum absolute atomic E-state index is 0.0296. The second-order valence-electron chi connectivity index (χ2n) is 8.59. The van der Waals surface area contributed by atoms with Crippen molar-refractivity contribution in [2.45, 2.75) is 63.1 Å². The van der Waals surface area contributed by atoms with Crippen molar-refractivity contribution < 1.29 is 13.5 Å². The lowest BCUT2D eigenvalue weighted by Gasteiger charge is -2.31. The number of anilines is 1. The van der Waals surface area contributed by atoms with Gasteiger partial charge in [0, 0.05) is 30.7 Å². The van der Waals surface area contributed by atoms with Gasteiger partial charge in [-0.25, -0.2) is 17.7 Å². The Morgan fingerprint density at radius 2 is 2.03 bits per heavy atom. The van der Waals surface area contributed by atoms with E-state index in [1.165, 1.54) is 15.1 Å². The SMILES string of the molecule is CC[C@@]1(O)CCC[C@H]1n1c(=O)c(Cl)cc2cnc(NC3CCN(S(C)(=O)=O)CC3)nc21. The van der Waals surface area contributed by atoms with Crippen LogP contribution in [0.25, 0.3) is 11.0 Å². The second-order valence-corrected chi connectivity index (χ2v) is 11.0. The summed E-state index contributed by atoms with van der Waals surface area (Å²) in [5, 5.41) is 15.1. The molecule has 0 spiro atoms. The number of nitrogens with one attached hydrogen (secondary N) is 1. The monoisotopic (exact) mass is 469 g/mol. The van der Waals surface area contributed by atoms with Gasteiger partial charge in [0.05, 0.1) is 17.9 Å². The summed E-state index contributed by atoms with van der Waals surface area (Å²) < 4.78 is 26.4. The van der Waals surface area contributed by atoms with Crippen LogP contribution in [0, 0.1) is 0 Å². The lowest BCUT2D eigenvalue weighted by atomic mass is 9.94. The average molecular weight is 470 g/mol. The van der Waals surface area contributed by atoms with Gasteiger partial charge in [0.25, 0.3) is 5.56 Å². The maximum Gasteiger partial charge on any atom is 0.271 e. The highest BCUT2D eigenvalue weighted by Crippen LogP contribution is 2.42. The number of piperidine rings is 1. The molecule has 1 saturated carbocycles. The molecule has 1 aliphatic carbocycles. The Labute approximate surface area is 186 Å². The smallest absolute Gasteiger partial charge is 0.271 e. The van der Waals surface area contributed by atoms with E-state index in [1.807, 2.05) is 6.92 Å². The Morgan fingerprint density at radius 1 is 1.32 bits per heavy atom. The van der Waals surface area contributed by atoms with E-state index >= 15 is 0 Å². The number of aromatic nitrogens is 3. The number of hydrogen-bond acceptors (Lipinski definition) is 7. The molecule has 11 heteroatoms. The molecule has 2 fully saturated rings. The Balaban J connectivity index is 1.66. The fourth-order valence-corrected chi connectivity index (χ4v) is 5.86. The molecule has 1 aliphatic heterocycles. The van der Waals surface area contributed by atoms with Crippen LogP contribution in [0.4, 0.5) is 5.95 Å². The molecule has 2 N–H and O–H groups in total. The second kappa shape index (κ2) is 8.31. The number of fused-ring (bicyclic) bond motifs is 1. The summed E-state index contributed by atoms with van der Waals surface area (Å²) in [5.41, 5.74) is -0.892. The minimum atomic E-state index is -3.19. The van der Waals surface area contributed by atoms with Crippen molar-refractivity contribution >= 4 is 38.6 Å². The first-order valence-electron chi connectivity index (χ1n) is 10.6. The molecule has 0 radical (unpaired) electrons. The van der Waals surface area contributed by atoms with Crippen LogP contribution in [0.15, 0.2) is 17.1 Å². The Bertz CT molecular complexity index is 1150. The predicted molar refractivity (Wildman–Crippen MR) is 120 cm³/mol. The van der Waals surface area contributed by atoms with Crippen LogP contribution in [-0.4, -0.2) is 63.4 Å². The molecule has 0 amide bonds. The largest absolute Gasteiger partial charge is 0.388 e. The van der Waals surface area contributed by atoms with Gasteiger partial charge in [-0.1, -0.05) is 18.5 Å². The van der Waals surface area contributed by atoms with Gasteiger partial charge in [-0.3, -0.25) is 9.36 Å². The van der Waals surface area contributed by atoms with Crippen LogP contribution in [-0.2, 0) is 10.0 Å². The van der Waals surface area contributed by atoms with Crippen LogP contribution < -0.4 is 10.9 Å². The third kappa shape index (κ3) is 4.30. The zero-order chi connectivity index (χ0) is 22.4. The summed E-state index contributed by atoms with van der Waals surface area (Å²) in [5.74, 6) is 0.374. The molecule has 31 heavy (non-hydrogen) atoms. The van der Waals surface area contributed by atoms with Gasteiger partial charge in [-0.05, 0) is 44.6 Å². The number of aliphatic hydroxyl groups is 1. The van der Waals surface area contributed by atoms with Gasteiger partial charge in [0.1, 0.15) is 10.7 Å². The number of hydrogen-bond donors (Lipinski definition) is 2. The molecule has 4 rings (SSSR count). The van der Waals surface area contributed by atoms with E-state index in [1.54, 1.807) is 12.3 Å². The minimum Gasteiger partial charge on any atom is -0.388 e. The zero-order valence-electron chi connectivity index (χ0n) is 17.7. The number of pyridine rings is 1. The summed E-state index contributed by atoms with van der Waals surface area (Å²) >= 11 is 6.21. The first-order chi connectivity index (χ1) is 14.6. The number of sulfonamides is 1. The van der Waals surface area contributed by atoms with Gasteiger partial charge >= 0.3 is 0 Å². The van der Waals surface area contributed by atoms with Crippen molar-refractivity contribution in [3.63, 3.8) is 0 Å². The van der Waals surface area contributed by atoms with Crippen LogP contribution in [0.2, 0.25) is 5.02 Å². The first kappa shape index (κ1) is 22.4. The van der Waals surface area contributed by atoms with E-state index in [9.17, 15) is 18.3 Å². The number of rotatable bonds is 5. The molecule has 0 bridgehead atoms. The standard InChI is InChI=1S/C20H28ClN5O4S/c1-3-20(28)8-4-5-16(20)26-17-13(11-15(21)18(26)27)12-22-19(24-17)23-14-6-9-25(10-7-14)31(2,29)30/h11-12,14,16,28H,3-10H2,1-2H3,(H,22,23,24)/t16-,20-/m1/s1. The summed E-state index contributed by atoms with van der Waals surface area (Å²) in [6.07, 6.45) is 6.79. The number of nitrogens with zero attached hydrogens (tertiary/aromatic N) is 4. The van der Waals surface area contributed by atoms with Crippen LogP contribution in [0.5, 0.6) is 0 Å². The highest BCUT2D eigenvalue weighted by molar-refractivity contribution is 7.88.